The van der Waals surface area contributed by atoms with Gasteiger partial charge in [0.2, 0.25) is 0 Å². The maximum Gasteiger partial charge on any atom is 0.257 e. The molecule has 1 aliphatic carbocycles. The lowest BCUT2D eigenvalue weighted by molar-refractivity contribution is 0.0701. The fourth-order valence-electron chi connectivity index (χ4n) is 3.09. The Hall–Kier alpha value is -1.36. The van der Waals surface area contributed by atoms with Crippen LogP contribution in [0.4, 0.5) is 0 Å². The summed E-state index contributed by atoms with van der Waals surface area (Å²) < 4.78 is 1.73. The fourth-order valence-corrected chi connectivity index (χ4v) is 3.09. The van der Waals surface area contributed by atoms with Gasteiger partial charge in [0.15, 0.2) is 0 Å². The van der Waals surface area contributed by atoms with Gasteiger partial charge in [-0.3, -0.25) is 9.48 Å². The van der Waals surface area contributed by atoms with Gasteiger partial charge in [0.1, 0.15) is 0 Å². The van der Waals surface area contributed by atoms with E-state index in [9.17, 15) is 4.79 Å². The van der Waals surface area contributed by atoms with Crippen molar-refractivity contribution < 1.29 is 4.79 Å². The van der Waals surface area contributed by atoms with Crippen molar-refractivity contribution in [3.05, 3.63) is 17.5 Å². The highest BCUT2D eigenvalue weighted by Crippen LogP contribution is 2.30. The molecule has 0 radical (unpaired) electrons. The van der Waals surface area contributed by atoms with E-state index in [1.54, 1.807) is 4.68 Å². The van der Waals surface area contributed by atoms with Crippen molar-refractivity contribution in [1.29, 1.82) is 0 Å². The molecule has 0 spiro atoms. The number of rotatable bonds is 4. The Kier molecular flexibility index (Phi) is 3.78. The molecular weight excluding hydrogens is 252 g/mol. The maximum atomic E-state index is 12.8. The minimum absolute atomic E-state index is 0.177. The third-order valence-corrected chi connectivity index (χ3v) is 4.41. The van der Waals surface area contributed by atoms with Gasteiger partial charge in [-0.2, -0.15) is 5.10 Å². The van der Waals surface area contributed by atoms with Gasteiger partial charge in [-0.25, -0.2) is 0 Å². The van der Waals surface area contributed by atoms with Crippen molar-refractivity contribution in [3.63, 3.8) is 0 Å². The molecule has 0 atom stereocenters. The lowest BCUT2D eigenvalue weighted by atomic mass is 9.97. The number of piperidine rings is 1. The number of hydrogen-bond acceptors (Lipinski definition) is 3. The lowest BCUT2D eigenvalue weighted by Gasteiger charge is -2.30. The topological polar surface area (TPSA) is 50.2 Å². The molecule has 20 heavy (non-hydrogen) atoms. The van der Waals surface area contributed by atoms with Gasteiger partial charge >= 0.3 is 0 Å². The average molecular weight is 276 g/mol. The van der Waals surface area contributed by atoms with Crippen molar-refractivity contribution in [2.45, 2.75) is 38.6 Å². The second-order valence-electron chi connectivity index (χ2n) is 6.18. The van der Waals surface area contributed by atoms with Crippen molar-refractivity contribution in [3.8, 4) is 0 Å². The van der Waals surface area contributed by atoms with Crippen LogP contribution in [0, 0.1) is 12.8 Å². The average Bonchev–Trinajstić information content (AvgIpc) is 3.22. The van der Waals surface area contributed by atoms with Crippen LogP contribution in [0.1, 0.15) is 41.7 Å². The molecule has 2 heterocycles. The van der Waals surface area contributed by atoms with Crippen LogP contribution in [0.2, 0.25) is 0 Å². The van der Waals surface area contributed by atoms with E-state index >= 15 is 0 Å². The SMILES string of the molecule is Cc1nn(C)cc1C(=O)N(CC1CCNCC1)C1CC1. The number of nitrogens with zero attached hydrogens (tertiary/aromatic N) is 3. The van der Waals surface area contributed by atoms with Gasteiger partial charge < -0.3 is 10.2 Å². The molecule has 0 unspecified atom stereocenters. The predicted octanol–water partition coefficient (Wildman–Crippen LogP) is 1.33. The van der Waals surface area contributed by atoms with Crippen LogP contribution in [0.3, 0.4) is 0 Å². The Morgan fingerprint density at radius 2 is 2.10 bits per heavy atom. The van der Waals surface area contributed by atoms with E-state index in [1.165, 1.54) is 12.8 Å². The van der Waals surface area contributed by atoms with E-state index in [4.69, 9.17) is 0 Å². The summed E-state index contributed by atoms with van der Waals surface area (Å²) in [4.78, 5) is 14.9. The zero-order chi connectivity index (χ0) is 14.1. The minimum Gasteiger partial charge on any atom is -0.335 e. The Morgan fingerprint density at radius 3 is 2.65 bits per heavy atom. The summed E-state index contributed by atoms with van der Waals surface area (Å²) in [5.74, 6) is 0.828. The van der Waals surface area contributed by atoms with E-state index in [0.717, 1.165) is 43.7 Å². The molecule has 5 nitrogen and oxygen atoms in total. The number of nitrogens with one attached hydrogen (secondary N) is 1. The van der Waals surface area contributed by atoms with Crippen LogP contribution in [-0.4, -0.2) is 46.3 Å². The smallest absolute Gasteiger partial charge is 0.257 e. The summed E-state index contributed by atoms with van der Waals surface area (Å²) in [6, 6.07) is 0.469. The molecule has 1 saturated heterocycles. The summed E-state index contributed by atoms with van der Waals surface area (Å²) in [5, 5.41) is 7.69. The summed E-state index contributed by atoms with van der Waals surface area (Å²) in [7, 11) is 1.87. The molecule has 0 bridgehead atoms. The molecule has 1 N–H and O–H groups in total. The molecule has 1 aromatic rings. The van der Waals surface area contributed by atoms with Gasteiger partial charge in [-0.1, -0.05) is 0 Å². The van der Waals surface area contributed by atoms with E-state index < -0.39 is 0 Å². The molecule has 0 aromatic carbocycles. The van der Waals surface area contributed by atoms with E-state index in [1.807, 2.05) is 20.2 Å². The summed E-state index contributed by atoms with van der Waals surface area (Å²) in [5.41, 5.74) is 1.61. The number of hydrogen-bond donors (Lipinski definition) is 1. The van der Waals surface area contributed by atoms with E-state index in [-0.39, 0.29) is 5.91 Å². The summed E-state index contributed by atoms with van der Waals surface area (Å²) in [6.45, 7) is 5.01. The standard InChI is InChI=1S/C15H24N4O/c1-11-14(10-18(2)17-11)15(20)19(13-3-4-13)9-12-5-7-16-8-6-12/h10,12-13,16H,3-9H2,1-2H3. The Bertz CT molecular complexity index is 486. The Morgan fingerprint density at radius 1 is 1.40 bits per heavy atom. The quantitative estimate of drug-likeness (QED) is 0.902. The van der Waals surface area contributed by atoms with E-state index in [0.29, 0.717) is 12.0 Å². The van der Waals surface area contributed by atoms with Crippen LogP contribution >= 0.6 is 0 Å². The first-order chi connectivity index (χ1) is 9.65. The van der Waals surface area contributed by atoms with Crippen LogP contribution in [0.15, 0.2) is 6.20 Å². The Labute approximate surface area is 120 Å². The number of aromatic nitrogens is 2. The zero-order valence-electron chi connectivity index (χ0n) is 12.4. The highest BCUT2D eigenvalue weighted by molar-refractivity contribution is 5.95. The summed E-state index contributed by atoms with van der Waals surface area (Å²) in [6.07, 6.45) is 6.55. The molecule has 2 fully saturated rings. The number of aryl methyl sites for hydroxylation is 2. The maximum absolute atomic E-state index is 12.8. The normalized spacial score (nSPS) is 20.1. The Balaban J connectivity index is 1.72. The van der Waals surface area contributed by atoms with Crippen LogP contribution < -0.4 is 5.32 Å². The van der Waals surface area contributed by atoms with Gasteiger partial charge in [0.05, 0.1) is 11.3 Å². The van der Waals surface area contributed by atoms with Crippen molar-refractivity contribution >= 4 is 5.91 Å². The van der Waals surface area contributed by atoms with Crippen molar-refractivity contribution in [2.24, 2.45) is 13.0 Å². The van der Waals surface area contributed by atoms with Crippen LogP contribution in [-0.2, 0) is 7.05 Å². The molecule has 1 aliphatic heterocycles. The third-order valence-electron chi connectivity index (χ3n) is 4.41. The van der Waals surface area contributed by atoms with Gasteiger partial charge in [-0.05, 0) is 51.6 Å². The first kappa shape index (κ1) is 13.6. The summed E-state index contributed by atoms with van der Waals surface area (Å²) >= 11 is 0. The van der Waals surface area contributed by atoms with Crippen molar-refractivity contribution in [1.82, 2.24) is 20.0 Å². The third kappa shape index (κ3) is 2.87. The molecule has 1 aromatic heterocycles. The van der Waals surface area contributed by atoms with Crippen LogP contribution in [0.5, 0.6) is 0 Å². The van der Waals surface area contributed by atoms with Gasteiger partial charge in [-0.15, -0.1) is 0 Å². The highest BCUT2D eigenvalue weighted by atomic mass is 16.2. The van der Waals surface area contributed by atoms with Gasteiger partial charge in [0, 0.05) is 25.8 Å². The highest BCUT2D eigenvalue weighted by Gasteiger charge is 2.35. The molecule has 5 heteroatoms. The fraction of sp³-hybridized carbons (Fsp3) is 0.733. The molecule has 3 rings (SSSR count). The zero-order valence-corrected chi connectivity index (χ0v) is 12.4. The number of amides is 1. The predicted molar refractivity (Wildman–Crippen MR) is 77.6 cm³/mol. The molecule has 1 amide bonds. The monoisotopic (exact) mass is 276 g/mol. The second-order valence-corrected chi connectivity index (χ2v) is 6.18. The van der Waals surface area contributed by atoms with Gasteiger partial charge in [0.25, 0.3) is 5.91 Å². The minimum atomic E-state index is 0.177. The molecular formula is C15H24N4O. The first-order valence-corrected chi connectivity index (χ1v) is 7.67. The molecule has 1 saturated carbocycles. The second kappa shape index (κ2) is 5.56. The number of carbonyl (C=O) groups is 1. The lowest BCUT2D eigenvalue weighted by Crippen LogP contribution is -2.40. The first-order valence-electron chi connectivity index (χ1n) is 7.67. The van der Waals surface area contributed by atoms with Crippen molar-refractivity contribution in [2.75, 3.05) is 19.6 Å². The molecule has 110 valence electrons. The number of carbonyl (C=O) groups excluding carboxylic acids is 1. The van der Waals surface area contributed by atoms with Crippen LogP contribution in [0.25, 0.3) is 0 Å². The molecule has 2 aliphatic rings. The largest absolute Gasteiger partial charge is 0.335 e. The van der Waals surface area contributed by atoms with E-state index in [2.05, 4.69) is 15.3 Å².